The molecular weight excluding hydrogens is 555 g/mol. The van der Waals surface area contributed by atoms with Gasteiger partial charge in [0.15, 0.2) is 5.69 Å². The minimum atomic E-state index is -1.01. The third kappa shape index (κ3) is 6.19. The SMILES string of the molecule is NCc1ccc(OCCCc2sc(-c3ccc4c(c3)C(N=Nc3nc5ccccc5s3)CCC4)nc2C(=O)O)cc1. The van der Waals surface area contributed by atoms with E-state index >= 15 is 0 Å². The van der Waals surface area contributed by atoms with Crippen molar-refractivity contribution >= 4 is 44.0 Å². The number of benzene rings is 3. The van der Waals surface area contributed by atoms with Gasteiger partial charge in [-0.3, -0.25) is 0 Å². The first kappa shape index (κ1) is 27.2. The Bertz CT molecular complexity index is 1680. The summed E-state index contributed by atoms with van der Waals surface area (Å²) in [7, 11) is 0. The highest BCUT2D eigenvalue weighted by Crippen LogP contribution is 2.38. The zero-order chi connectivity index (χ0) is 28.2. The van der Waals surface area contributed by atoms with Gasteiger partial charge in [0, 0.05) is 17.0 Å². The summed E-state index contributed by atoms with van der Waals surface area (Å²) in [6, 6.07) is 21.9. The van der Waals surface area contributed by atoms with Crippen molar-refractivity contribution in [2.75, 3.05) is 6.61 Å². The van der Waals surface area contributed by atoms with E-state index in [1.807, 2.05) is 54.6 Å². The second kappa shape index (κ2) is 12.3. The van der Waals surface area contributed by atoms with Crippen molar-refractivity contribution in [3.8, 4) is 16.3 Å². The molecule has 1 aliphatic rings. The Morgan fingerprint density at radius 1 is 1.07 bits per heavy atom. The highest BCUT2D eigenvalue weighted by atomic mass is 32.1. The van der Waals surface area contributed by atoms with Crippen molar-refractivity contribution in [3.05, 3.63) is 94.0 Å². The van der Waals surface area contributed by atoms with Crippen molar-refractivity contribution in [1.29, 1.82) is 0 Å². The Balaban J connectivity index is 1.18. The number of ether oxygens (including phenoxy) is 1. The van der Waals surface area contributed by atoms with E-state index in [2.05, 4.69) is 27.2 Å². The van der Waals surface area contributed by atoms with Crippen molar-refractivity contribution in [2.45, 2.75) is 44.7 Å². The number of carboxylic acid groups (broad SMARTS) is 1. The maximum absolute atomic E-state index is 12.0. The fourth-order valence-corrected chi connectivity index (χ4v) is 6.89. The van der Waals surface area contributed by atoms with Crippen LogP contribution >= 0.6 is 22.7 Å². The van der Waals surface area contributed by atoms with Crippen LogP contribution in [0.25, 0.3) is 20.8 Å². The second-order valence-corrected chi connectivity index (χ2v) is 12.0. The number of hydrogen-bond acceptors (Lipinski definition) is 9. The predicted molar refractivity (Wildman–Crippen MR) is 162 cm³/mol. The van der Waals surface area contributed by atoms with Crippen LogP contribution < -0.4 is 10.5 Å². The molecule has 0 saturated carbocycles. The number of hydrogen-bond donors (Lipinski definition) is 2. The van der Waals surface area contributed by atoms with E-state index < -0.39 is 5.97 Å². The van der Waals surface area contributed by atoms with Gasteiger partial charge in [-0.25, -0.2) is 14.8 Å². The summed E-state index contributed by atoms with van der Waals surface area (Å²) in [5.74, 6) is -0.240. The van der Waals surface area contributed by atoms with Gasteiger partial charge in [-0.1, -0.05) is 47.7 Å². The number of rotatable bonds is 10. The molecule has 3 N–H and O–H groups in total. The van der Waals surface area contributed by atoms with Gasteiger partial charge < -0.3 is 15.6 Å². The number of nitrogens with zero attached hydrogens (tertiary/aromatic N) is 4. The fraction of sp³-hybridized carbons (Fsp3) is 0.258. The van der Waals surface area contributed by atoms with Crippen LogP contribution in [-0.4, -0.2) is 27.7 Å². The average Bonchev–Trinajstić information content (AvgIpc) is 3.63. The topological polar surface area (TPSA) is 123 Å². The number of azo groups is 1. The van der Waals surface area contributed by atoms with E-state index in [1.54, 1.807) is 0 Å². The second-order valence-electron chi connectivity index (χ2n) is 9.90. The Labute approximate surface area is 245 Å². The zero-order valence-electron chi connectivity index (χ0n) is 22.3. The molecule has 0 aliphatic heterocycles. The number of aromatic nitrogens is 2. The lowest BCUT2D eigenvalue weighted by molar-refractivity contribution is 0.0690. The van der Waals surface area contributed by atoms with Gasteiger partial charge in [0.2, 0.25) is 5.13 Å². The number of aromatic carboxylic acids is 1. The molecule has 6 rings (SSSR count). The molecule has 0 amide bonds. The zero-order valence-corrected chi connectivity index (χ0v) is 24.0. The number of para-hydroxylation sites is 1. The predicted octanol–water partition coefficient (Wildman–Crippen LogP) is 7.75. The quantitative estimate of drug-likeness (QED) is 0.128. The molecular formula is C31H29N5O3S2. The number of carboxylic acids is 1. The van der Waals surface area contributed by atoms with Gasteiger partial charge in [0.1, 0.15) is 10.8 Å². The maximum atomic E-state index is 12.0. The Kier molecular flexibility index (Phi) is 8.13. The maximum Gasteiger partial charge on any atom is 0.355 e. The molecule has 2 aromatic heterocycles. The summed E-state index contributed by atoms with van der Waals surface area (Å²) >= 11 is 2.97. The molecule has 208 valence electrons. The molecule has 0 radical (unpaired) electrons. The molecule has 0 spiro atoms. The van der Waals surface area contributed by atoms with E-state index in [0.29, 0.717) is 36.1 Å². The van der Waals surface area contributed by atoms with Gasteiger partial charge in [-0.15, -0.1) is 16.5 Å². The molecule has 8 nitrogen and oxygen atoms in total. The lowest BCUT2D eigenvalue weighted by Gasteiger charge is -2.22. The first-order valence-electron chi connectivity index (χ1n) is 13.6. The normalized spacial score (nSPS) is 14.9. The van der Waals surface area contributed by atoms with Gasteiger partial charge >= 0.3 is 5.97 Å². The average molecular weight is 584 g/mol. The number of carbonyl (C=O) groups is 1. The van der Waals surface area contributed by atoms with Gasteiger partial charge in [-0.05, 0) is 79.1 Å². The summed E-state index contributed by atoms with van der Waals surface area (Å²) in [6.45, 7) is 0.972. The Morgan fingerprint density at radius 2 is 1.93 bits per heavy atom. The van der Waals surface area contributed by atoms with Crippen molar-refractivity contribution in [2.24, 2.45) is 16.0 Å². The van der Waals surface area contributed by atoms with Crippen molar-refractivity contribution in [3.63, 3.8) is 0 Å². The third-order valence-corrected chi connectivity index (χ3v) is 9.20. The molecule has 0 bridgehead atoms. The standard InChI is InChI=1S/C31H29N5O3S2/c32-18-19-10-14-22(15-11-19)39-16-4-9-27-28(30(37)38)34-29(40-27)21-13-12-20-5-3-7-24(23(20)17-21)35-36-31-33-25-6-1-2-8-26(25)41-31/h1-2,6,8,10-15,17,24H,3-5,7,9,16,18,32H2,(H,37,38). The highest BCUT2D eigenvalue weighted by molar-refractivity contribution is 7.21. The molecule has 10 heteroatoms. The lowest BCUT2D eigenvalue weighted by atomic mass is 9.87. The molecule has 3 aromatic carbocycles. The van der Waals surface area contributed by atoms with Crippen LogP contribution in [0.4, 0.5) is 5.13 Å². The first-order chi connectivity index (χ1) is 20.1. The smallest absolute Gasteiger partial charge is 0.355 e. The fourth-order valence-electron chi connectivity index (χ4n) is 5.01. The minimum absolute atomic E-state index is 0.0693. The van der Waals surface area contributed by atoms with Gasteiger partial charge in [0.25, 0.3) is 0 Å². The van der Waals surface area contributed by atoms with Crippen molar-refractivity contribution < 1.29 is 14.6 Å². The first-order valence-corrected chi connectivity index (χ1v) is 15.2. The molecule has 0 saturated heterocycles. The van der Waals surface area contributed by atoms with Crippen LogP contribution in [0, 0.1) is 0 Å². The lowest BCUT2D eigenvalue weighted by Crippen LogP contribution is -2.08. The van der Waals surface area contributed by atoms with Crippen LogP contribution in [-0.2, 0) is 19.4 Å². The van der Waals surface area contributed by atoms with Crippen LogP contribution in [0.5, 0.6) is 5.75 Å². The summed E-state index contributed by atoms with van der Waals surface area (Å²) in [5, 5.41) is 20.4. The van der Waals surface area contributed by atoms with Crippen LogP contribution in [0.1, 0.15) is 57.4 Å². The molecule has 2 heterocycles. The van der Waals surface area contributed by atoms with E-state index in [9.17, 15) is 9.90 Å². The van der Waals surface area contributed by atoms with Gasteiger partial charge in [0.05, 0.1) is 22.9 Å². The van der Waals surface area contributed by atoms with Crippen LogP contribution in [0.2, 0.25) is 0 Å². The molecule has 0 fully saturated rings. The molecule has 1 aliphatic carbocycles. The summed E-state index contributed by atoms with van der Waals surface area (Å²) in [6.07, 6.45) is 4.19. The third-order valence-electron chi connectivity index (χ3n) is 7.12. The molecule has 1 atom stereocenters. The largest absolute Gasteiger partial charge is 0.494 e. The van der Waals surface area contributed by atoms with E-state index in [4.69, 9.17) is 15.6 Å². The van der Waals surface area contributed by atoms with Crippen molar-refractivity contribution in [1.82, 2.24) is 9.97 Å². The highest BCUT2D eigenvalue weighted by Gasteiger charge is 2.23. The van der Waals surface area contributed by atoms with E-state index in [1.165, 1.54) is 28.2 Å². The number of thiazole rings is 2. The summed E-state index contributed by atoms with van der Waals surface area (Å²) in [5.41, 5.74) is 11.0. The Morgan fingerprint density at radius 3 is 2.73 bits per heavy atom. The van der Waals surface area contributed by atoms with Gasteiger partial charge in [-0.2, -0.15) is 5.11 Å². The van der Waals surface area contributed by atoms with E-state index in [0.717, 1.165) is 56.8 Å². The van der Waals surface area contributed by atoms with Crippen LogP contribution in [0.3, 0.4) is 0 Å². The summed E-state index contributed by atoms with van der Waals surface area (Å²) in [4.78, 5) is 21.9. The molecule has 1 unspecified atom stereocenters. The van der Waals surface area contributed by atoms with Crippen LogP contribution in [0.15, 0.2) is 77.0 Å². The number of aryl methyl sites for hydroxylation is 2. The monoisotopic (exact) mass is 583 g/mol. The van der Waals surface area contributed by atoms with E-state index in [-0.39, 0.29) is 11.7 Å². The number of fused-ring (bicyclic) bond motifs is 2. The minimum Gasteiger partial charge on any atom is -0.494 e. The summed E-state index contributed by atoms with van der Waals surface area (Å²) < 4.78 is 6.93. The Hall–Kier alpha value is -3.99. The number of nitrogens with two attached hydrogens (primary N) is 1. The molecule has 41 heavy (non-hydrogen) atoms. The molecule has 5 aromatic rings.